The topological polar surface area (TPSA) is 57.0 Å². The summed E-state index contributed by atoms with van der Waals surface area (Å²) in [6.07, 6.45) is -0.0528. The molecule has 0 saturated carbocycles. The number of nitrogens with zero attached hydrogens (tertiary/aromatic N) is 3. The predicted octanol–water partition coefficient (Wildman–Crippen LogP) is 4.03. The van der Waals surface area contributed by atoms with Crippen LogP contribution in [-0.4, -0.2) is 21.6 Å². The van der Waals surface area contributed by atoms with Crippen LogP contribution in [0.15, 0.2) is 53.7 Å². The third kappa shape index (κ3) is 3.95. The predicted molar refractivity (Wildman–Crippen MR) is 93.8 cm³/mol. The highest BCUT2D eigenvalue weighted by Crippen LogP contribution is 2.39. The van der Waals surface area contributed by atoms with E-state index in [1.54, 1.807) is 24.5 Å². The molecule has 0 N–H and O–H groups in total. The van der Waals surface area contributed by atoms with Crippen LogP contribution in [0, 0.1) is 0 Å². The fraction of sp³-hybridized carbons (Fsp3) is 0.167. The van der Waals surface area contributed by atoms with E-state index in [0.717, 1.165) is 11.6 Å². The number of alkyl halides is 3. The van der Waals surface area contributed by atoms with Gasteiger partial charge in [0.25, 0.3) is 0 Å². The maximum absolute atomic E-state index is 13.2. The molecule has 9 heteroatoms. The summed E-state index contributed by atoms with van der Waals surface area (Å²) in [7, 11) is 1.31. The first-order chi connectivity index (χ1) is 12.8. The van der Waals surface area contributed by atoms with E-state index < -0.39 is 22.3 Å². The van der Waals surface area contributed by atoms with E-state index in [1.165, 1.54) is 30.0 Å². The molecule has 0 aliphatic heterocycles. The Hall–Kier alpha value is -2.87. The molecule has 0 saturated heterocycles. The highest BCUT2D eigenvalue weighted by atomic mass is 35.5. The van der Waals surface area contributed by atoms with Crippen LogP contribution >= 0.6 is 11.6 Å². The van der Waals surface area contributed by atoms with Gasteiger partial charge < -0.3 is 9.30 Å². The van der Waals surface area contributed by atoms with Crippen LogP contribution in [0.25, 0.3) is 11.4 Å². The van der Waals surface area contributed by atoms with Crippen molar-refractivity contribution in [1.82, 2.24) is 14.5 Å². The van der Waals surface area contributed by atoms with E-state index >= 15 is 0 Å². The zero-order valence-electron chi connectivity index (χ0n) is 14.0. The molecule has 5 nitrogen and oxygen atoms in total. The number of benzene rings is 1. The van der Waals surface area contributed by atoms with E-state index in [1.807, 2.05) is 0 Å². The summed E-state index contributed by atoms with van der Waals surface area (Å²) in [5.74, 6) is -0.0357. The van der Waals surface area contributed by atoms with Gasteiger partial charge >= 0.3 is 11.7 Å². The summed E-state index contributed by atoms with van der Waals surface area (Å²) in [5.41, 5.74) is -0.951. The first-order valence-corrected chi connectivity index (χ1v) is 8.09. The SMILES string of the molecule is COc1cn(Cc2cccnc2)c(-c2cccc(C(F)(F)F)c2Cl)nc1=O. The fourth-order valence-electron chi connectivity index (χ4n) is 2.56. The van der Waals surface area contributed by atoms with Gasteiger partial charge in [0.1, 0.15) is 5.82 Å². The van der Waals surface area contributed by atoms with Crippen LogP contribution in [0.2, 0.25) is 5.02 Å². The zero-order valence-corrected chi connectivity index (χ0v) is 14.8. The highest BCUT2D eigenvalue weighted by Gasteiger charge is 2.34. The molecule has 3 aromatic rings. The van der Waals surface area contributed by atoms with Gasteiger partial charge in [-0.3, -0.25) is 9.78 Å². The first kappa shape index (κ1) is 18.9. The molecule has 0 aliphatic carbocycles. The largest absolute Gasteiger partial charge is 0.490 e. The quantitative estimate of drug-likeness (QED) is 0.669. The lowest BCUT2D eigenvalue weighted by atomic mass is 10.1. The van der Waals surface area contributed by atoms with Crippen molar-refractivity contribution >= 4 is 11.6 Å². The average Bonchev–Trinajstić information content (AvgIpc) is 2.63. The van der Waals surface area contributed by atoms with Gasteiger partial charge in [0.05, 0.1) is 30.4 Å². The summed E-state index contributed by atoms with van der Waals surface area (Å²) in [4.78, 5) is 20.0. The number of ether oxygens (including phenoxy) is 1. The lowest BCUT2D eigenvalue weighted by Gasteiger charge is -2.17. The number of hydrogen-bond acceptors (Lipinski definition) is 4. The van der Waals surface area contributed by atoms with Gasteiger partial charge in [-0.05, 0) is 23.8 Å². The number of rotatable bonds is 4. The number of halogens is 4. The van der Waals surface area contributed by atoms with Crippen molar-refractivity contribution in [3.63, 3.8) is 0 Å². The van der Waals surface area contributed by atoms with Crippen molar-refractivity contribution in [3.8, 4) is 17.1 Å². The lowest BCUT2D eigenvalue weighted by molar-refractivity contribution is -0.137. The van der Waals surface area contributed by atoms with Gasteiger partial charge in [-0.2, -0.15) is 18.2 Å². The molecular formula is C18H13ClF3N3O2. The van der Waals surface area contributed by atoms with Gasteiger partial charge in [-0.1, -0.05) is 23.7 Å². The molecule has 0 fully saturated rings. The van der Waals surface area contributed by atoms with Crippen LogP contribution < -0.4 is 10.3 Å². The molecule has 140 valence electrons. The molecule has 0 bridgehead atoms. The van der Waals surface area contributed by atoms with Crippen molar-refractivity contribution in [2.45, 2.75) is 12.7 Å². The summed E-state index contributed by atoms with van der Waals surface area (Å²) < 4.78 is 46.1. The Kier molecular flexibility index (Phi) is 5.18. The Morgan fingerprint density at radius 3 is 2.63 bits per heavy atom. The second kappa shape index (κ2) is 7.40. The second-order valence-corrected chi connectivity index (χ2v) is 5.97. The molecule has 27 heavy (non-hydrogen) atoms. The minimum Gasteiger partial charge on any atom is -0.490 e. The summed E-state index contributed by atoms with van der Waals surface area (Å²) in [5, 5.41) is -0.526. The number of hydrogen-bond donors (Lipinski definition) is 0. The maximum atomic E-state index is 13.2. The Bertz CT molecular complexity index is 1020. The number of methoxy groups -OCH3 is 1. The van der Waals surface area contributed by atoms with Crippen molar-refractivity contribution in [2.24, 2.45) is 0 Å². The van der Waals surface area contributed by atoms with Gasteiger partial charge in [0.2, 0.25) is 5.75 Å². The van der Waals surface area contributed by atoms with Gasteiger partial charge in [-0.25, -0.2) is 0 Å². The van der Waals surface area contributed by atoms with Crippen LogP contribution in [0.4, 0.5) is 13.2 Å². The van der Waals surface area contributed by atoms with E-state index in [-0.39, 0.29) is 23.7 Å². The third-order valence-corrected chi connectivity index (χ3v) is 4.21. The summed E-state index contributed by atoms with van der Waals surface area (Å²) in [6, 6.07) is 6.98. The van der Waals surface area contributed by atoms with E-state index in [9.17, 15) is 18.0 Å². The van der Waals surface area contributed by atoms with Crippen LogP contribution in [-0.2, 0) is 12.7 Å². The fourth-order valence-corrected chi connectivity index (χ4v) is 2.88. The Balaban J connectivity index is 2.21. The number of pyridine rings is 1. The van der Waals surface area contributed by atoms with E-state index in [2.05, 4.69) is 9.97 Å². The monoisotopic (exact) mass is 395 g/mol. The van der Waals surface area contributed by atoms with Crippen molar-refractivity contribution in [2.75, 3.05) is 7.11 Å². The van der Waals surface area contributed by atoms with Gasteiger partial charge in [0, 0.05) is 18.0 Å². The lowest BCUT2D eigenvalue weighted by Crippen LogP contribution is -2.18. The molecule has 2 heterocycles. The summed E-state index contributed by atoms with van der Waals surface area (Å²) in [6.45, 7) is 0.208. The Labute approximate surface area is 157 Å². The minimum absolute atomic E-state index is 0.000697. The first-order valence-electron chi connectivity index (χ1n) is 7.71. The molecule has 0 spiro atoms. The maximum Gasteiger partial charge on any atom is 0.417 e. The van der Waals surface area contributed by atoms with Crippen LogP contribution in [0.5, 0.6) is 5.75 Å². The summed E-state index contributed by atoms with van der Waals surface area (Å²) >= 11 is 6.01. The normalized spacial score (nSPS) is 11.4. The Morgan fingerprint density at radius 1 is 1.22 bits per heavy atom. The van der Waals surface area contributed by atoms with Crippen LogP contribution in [0.3, 0.4) is 0 Å². The van der Waals surface area contributed by atoms with Crippen LogP contribution in [0.1, 0.15) is 11.1 Å². The molecule has 2 aromatic heterocycles. The highest BCUT2D eigenvalue weighted by molar-refractivity contribution is 6.34. The van der Waals surface area contributed by atoms with Gasteiger partial charge in [-0.15, -0.1) is 0 Å². The van der Waals surface area contributed by atoms with Crippen molar-refractivity contribution in [3.05, 3.63) is 75.4 Å². The number of aromatic nitrogens is 3. The Morgan fingerprint density at radius 2 is 2.00 bits per heavy atom. The molecule has 0 amide bonds. The zero-order chi connectivity index (χ0) is 19.6. The molecule has 0 radical (unpaired) electrons. The standard InChI is InChI=1S/C18H13ClF3N3O2/c1-27-14-10-25(9-11-4-3-7-23-8-11)16(24-17(14)26)12-5-2-6-13(15(12)19)18(20,21)22/h2-8,10H,9H2,1H3. The van der Waals surface area contributed by atoms with E-state index in [4.69, 9.17) is 16.3 Å². The van der Waals surface area contributed by atoms with Crippen molar-refractivity contribution in [1.29, 1.82) is 0 Å². The van der Waals surface area contributed by atoms with Gasteiger partial charge in [0.15, 0.2) is 0 Å². The third-order valence-electron chi connectivity index (χ3n) is 3.80. The second-order valence-electron chi connectivity index (χ2n) is 5.59. The minimum atomic E-state index is -4.63. The molecule has 0 aliphatic rings. The molecule has 1 aromatic carbocycles. The molecule has 3 rings (SSSR count). The molecule has 0 atom stereocenters. The van der Waals surface area contributed by atoms with E-state index in [0.29, 0.717) is 0 Å². The molecule has 0 unspecified atom stereocenters. The average molecular weight is 396 g/mol. The molecular weight excluding hydrogens is 383 g/mol. The van der Waals surface area contributed by atoms with Crippen molar-refractivity contribution < 1.29 is 17.9 Å². The smallest absolute Gasteiger partial charge is 0.417 e.